The average Bonchev–Trinajstić information content (AvgIpc) is 2.92. The van der Waals surface area contributed by atoms with Gasteiger partial charge in [0.15, 0.2) is 11.6 Å². The van der Waals surface area contributed by atoms with Gasteiger partial charge in [0.25, 0.3) is 0 Å². The van der Waals surface area contributed by atoms with Crippen LogP contribution >= 0.6 is 11.6 Å². The fourth-order valence-electron chi connectivity index (χ4n) is 4.50. The summed E-state index contributed by atoms with van der Waals surface area (Å²) in [5.41, 5.74) is 2.90. The molecule has 2 N–H and O–H groups in total. The summed E-state index contributed by atoms with van der Waals surface area (Å²) in [4.78, 5) is 36.0. The van der Waals surface area contributed by atoms with Gasteiger partial charge in [-0.2, -0.15) is 13.2 Å². The highest BCUT2D eigenvalue weighted by atomic mass is 35.5. The van der Waals surface area contributed by atoms with Gasteiger partial charge in [-0.15, -0.1) is 0 Å². The van der Waals surface area contributed by atoms with Crippen molar-refractivity contribution in [2.24, 2.45) is 0 Å². The van der Waals surface area contributed by atoms with E-state index < -0.39 is 12.1 Å². The van der Waals surface area contributed by atoms with Crippen LogP contribution in [0.3, 0.4) is 0 Å². The lowest BCUT2D eigenvalue weighted by atomic mass is 10.0. The Morgan fingerprint density at radius 1 is 1.00 bits per heavy atom. The molecular weight excluding hydrogens is 535 g/mol. The number of carbonyl (C=O) groups excluding carboxylic acids is 1. The maximum Gasteiger partial charge on any atom is 0.490 e. The summed E-state index contributed by atoms with van der Waals surface area (Å²) in [6.07, 6.45) is 0.613. The van der Waals surface area contributed by atoms with Crippen LogP contribution in [0.4, 0.5) is 30.5 Å². The maximum absolute atomic E-state index is 13.8. The van der Waals surface area contributed by atoms with Gasteiger partial charge in [0.05, 0.1) is 6.54 Å². The summed E-state index contributed by atoms with van der Waals surface area (Å²) in [5.74, 6) is -1.17. The number of fused-ring (bicyclic) bond motifs is 1. The minimum atomic E-state index is -5.08. The molecular formula is C27H27ClF3N5O3. The molecule has 2 aliphatic rings. The van der Waals surface area contributed by atoms with Crippen LogP contribution in [-0.4, -0.2) is 52.3 Å². The van der Waals surface area contributed by atoms with E-state index in [0.29, 0.717) is 18.0 Å². The SMILES string of the molecule is O=C(O)C(F)(F)F.O=C1C(Cc2ccccc2)Nc2ncnc(N3CCCCC3)c2N1Cc1ccc(Cl)cc1. The molecule has 1 amide bonds. The third-order valence-electron chi connectivity index (χ3n) is 6.38. The molecule has 39 heavy (non-hydrogen) atoms. The van der Waals surface area contributed by atoms with Crippen molar-refractivity contribution in [3.63, 3.8) is 0 Å². The molecule has 5 rings (SSSR count). The zero-order valence-electron chi connectivity index (χ0n) is 20.9. The number of piperidine rings is 1. The quantitative estimate of drug-likeness (QED) is 0.435. The number of nitrogens with one attached hydrogen (secondary N) is 1. The summed E-state index contributed by atoms with van der Waals surface area (Å²) in [5, 5.41) is 11.2. The van der Waals surface area contributed by atoms with Gasteiger partial charge in [0, 0.05) is 24.5 Å². The maximum atomic E-state index is 13.8. The summed E-state index contributed by atoms with van der Waals surface area (Å²) in [6, 6.07) is 17.3. The molecule has 1 saturated heterocycles. The molecule has 1 aromatic heterocycles. The summed E-state index contributed by atoms with van der Waals surface area (Å²) in [7, 11) is 0. The number of anilines is 3. The van der Waals surface area contributed by atoms with Crippen molar-refractivity contribution >= 4 is 40.8 Å². The summed E-state index contributed by atoms with van der Waals surface area (Å²) in [6.45, 7) is 2.34. The molecule has 1 fully saturated rings. The van der Waals surface area contributed by atoms with Gasteiger partial charge in [-0.3, -0.25) is 9.69 Å². The van der Waals surface area contributed by atoms with Gasteiger partial charge in [0.2, 0.25) is 5.91 Å². The van der Waals surface area contributed by atoms with Gasteiger partial charge in [0.1, 0.15) is 18.1 Å². The number of halogens is 4. The van der Waals surface area contributed by atoms with Crippen molar-refractivity contribution in [1.29, 1.82) is 0 Å². The predicted octanol–water partition coefficient (Wildman–Crippen LogP) is 5.32. The van der Waals surface area contributed by atoms with Gasteiger partial charge >= 0.3 is 12.1 Å². The average molecular weight is 562 g/mol. The van der Waals surface area contributed by atoms with E-state index in [4.69, 9.17) is 21.5 Å². The Kier molecular flexibility index (Phi) is 8.90. The lowest BCUT2D eigenvalue weighted by molar-refractivity contribution is -0.192. The number of benzene rings is 2. The van der Waals surface area contributed by atoms with E-state index in [1.807, 2.05) is 59.5 Å². The highest BCUT2D eigenvalue weighted by Gasteiger charge is 2.38. The Labute approximate surface area is 228 Å². The van der Waals surface area contributed by atoms with Crippen molar-refractivity contribution in [3.8, 4) is 0 Å². The van der Waals surface area contributed by atoms with Crippen molar-refractivity contribution < 1.29 is 27.9 Å². The lowest BCUT2D eigenvalue weighted by Gasteiger charge is -2.38. The van der Waals surface area contributed by atoms with Crippen molar-refractivity contribution in [2.45, 2.75) is 44.4 Å². The minimum absolute atomic E-state index is 0.0318. The molecule has 1 unspecified atom stereocenters. The zero-order valence-corrected chi connectivity index (χ0v) is 21.6. The number of carboxylic acids is 1. The van der Waals surface area contributed by atoms with E-state index >= 15 is 0 Å². The molecule has 12 heteroatoms. The molecule has 0 saturated carbocycles. The van der Waals surface area contributed by atoms with E-state index in [-0.39, 0.29) is 11.9 Å². The Hall–Kier alpha value is -3.86. The predicted molar refractivity (Wildman–Crippen MR) is 142 cm³/mol. The highest BCUT2D eigenvalue weighted by Crippen LogP contribution is 2.39. The number of rotatable bonds is 5. The first-order valence-corrected chi connectivity index (χ1v) is 12.8. The topological polar surface area (TPSA) is 98.7 Å². The number of aromatic nitrogens is 2. The van der Waals surface area contributed by atoms with E-state index in [0.717, 1.165) is 54.4 Å². The number of aliphatic carboxylic acids is 1. The first kappa shape index (κ1) is 28.2. The van der Waals surface area contributed by atoms with Crippen molar-refractivity contribution in [3.05, 3.63) is 77.1 Å². The van der Waals surface area contributed by atoms with Crippen LogP contribution in [0, 0.1) is 0 Å². The van der Waals surface area contributed by atoms with Crippen LogP contribution in [0.1, 0.15) is 30.4 Å². The van der Waals surface area contributed by atoms with E-state index in [2.05, 4.69) is 20.2 Å². The zero-order chi connectivity index (χ0) is 28.0. The third-order valence-corrected chi connectivity index (χ3v) is 6.63. The number of amides is 1. The number of carbonyl (C=O) groups is 2. The molecule has 1 atom stereocenters. The van der Waals surface area contributed by atoms with Gasteiger partial charge in [-0.25, -0.2) is 14.8 Å². The third kappa shape index (κ3) is 7.17. The monoisotopic (exact) mass is 561 g/mol. The van der Waals surface area contributed by atoms with Crippen LogP contribution in [0.2, 0.25) is 5.02 Å². The molecule has 0 spiro atoms. The molecule has 206 valence electrons. The Balaban J connectivity index is 0.000000448. The second-order valence-corrected chi connectivity index (χ2v) is 9.62. The van der Waals surface area contributed by atoms with Crippen LogP contribution in [0.25, 0.3) is 0 Å². The Bertz CT molecular complexity index is 1290. The first-order valence-electron chi connectivity index (χ1n) is 12.4. The van der Waals surface area contributed by atoms with Crippen LogP contribution < -0.4 is 15.1 Å². The second kappa shape index (κ2) is 12.3. The Morgan fingerprint density at radius 2 is 1.64 bits per heavy atom. The highest BCUT2D eigenvalue weighted by molar-refractivity contribution is 6.30. The minimum Gasteiger partial charge on any atom is -0.475 e. The lowest BCUT2D eigenvalue weighted by Crippen LogP contribution is -2.49. The smallest absolute Gasteiger partial charge is 0.475 e. The fraction of sp³-hybridized carbons (Fsp3) is 0.333. The number of nitrogens with zero attached hydrogens (tertiary/aromatic N) is 4. The van der Waals surface area contributed by atoms with Crippen LogP contribution in [0.15, 0.2) is 60.9 Å². The molecule has 0 radical (unpaired) electrons. The summed E-state index contributed by atoms with van der Waals surface area (Å²) >= 11 is 6.09. The molecule has 0 aliphatic carbocycles. The van der Waals surface area contributed by atoms with Crippen LogP contribution in [0.5, 0.6) is 0 Å². The van der Waals surface area contributed by atoms with Gasteiger partial charge < -0.3 is 15.3 Å². The largest absolute Gasteiger partial charge is 0.490 e. The van der Waals surface area contributed by atoms with E-state index in [9.17, 15) is 18.0 Å². The number of hydrogen-bond donors (Lipinski definition) is 2. The van der Waals surface area contributed by atoms with E-state index in [1.165, 1.54) is 6.42 Å². The van der Waals surface area contributed by atoms with Crippen LogP contribution in [-0.2, 0) is 22.6 Å². The van der Waals surface area contributed by atoms with E-state index in [1.54, 1.807) is 6.33 Å². The number of hydrogen-bond acceptors (Lipinski definition) is 6. The Morgan fingerprint density at radius 3 is 2.26 bits per heavy atom. The summed E-state index contributed by atoms with van der Waals surface area (Å²) < 4.78 is 31.7. The normalized spacial score (nSPS) is 17.0. The number of carboxylic acid groups (broad SMARTS) is 1. The molecule has 8 nitrogen and oxygen atoms in total. The molecule has 0 bridgehead atoms. The molecule has 3 aromatic rings. The first-order chi connectivity index (χ1) is 18.6. The molecule has 3 heterocycles. The molecule has 2 aliphatic heterocycles. The standard InChI is InChI=1S/C25H26ClN5O.C2HF3O2/c26-20-11-9-19(10-12-20)16-31-22-23(27-17-28-24(22)30-13-5-2-6-14-30)29-21(25(31)32)15-18-7-3-1-4-8-18;3-2(4,5)1(6)7/h1,3-4,7-12,17,21H,2,5-6,13-16H2,(H,27,28,29);(H,6,7). The van der Waals surface area contributed by atoms with Crippen molar-refractivity contribution in [2.75, 3.05) is 28.2 Å². The van der Waals surface area contributed by atoms with Crippen molar-refractivity contribution in [1.82, 2.24) is 9.97 Å². The number of alkyl halides is 3. The molecule has 2 aromatic carbocycles. The fourth-order valence-corrected chi connectivity index (χ4v) is 4.63. The van der Waals surface area contributed by atoms with Gasteiger partial charge in [-0.05, 0) is 42.5 Å². The second-order valence-electron chi connectivity index (χ2n) is 9.18. The van der Waals surface area contributed by atoms with Gasteiger partial charge in [-0.1, -0.05) is 54.1 Å².